The summed E-state index contributed by atoms with van der Waals surface area (Å²) in [4.78, 5) is 26.0. The van der Waals surface area contributed by atoms with Gasteiger partial charge in [0, 0.05) is 18.3 Å². The molecule has 5 nitrogen and oxygen atoms in total. The molecule has 0 atom stereocenters. The van der Waals surface area contributed by atoms with Gasteiger partial charge in [-0.15, -0.1) is 0 Å². The number of benzene rings is 1. The molecular weight excluding hydrogens is 264 g/mol. The van der Waals surface area contributed by atoms with E-state index in [1.165, 1.54) is 4.57 Å². The van der Waals surface area contributed by atoms with Gasteiger partial charge in [-0.1, -0.05) is 18.6 Å². The van der Waals surface area contributed by atoms with Crippen molar-refractivity contribution in [1.82, 2.24) is 19.5 Å². The minimum Gasteiger partial charge on any atom is -0.268 e. The van der Waals surface area contributed by atoms with Crippen molar-refractivity contribution in [1.29, 1.82) is 0 Å². The maximum Gasteiger partial charge on any atom is 0.268 e. The van der Waals surface area contributed by atoms with Gasteiger partial charge in [0.2, 0.25) is 5.95 Å². The number of hydrogen-bond donors (Lipinski definition) is 0. The Bertz CT molecular complexity index is 883. The summed E-state index contributed by atoms with van der Waals surface area (Å²) in [7, 11) is 0. The van der Waals surface area contributed by atoms with Crippen LogP contribution >= 0.6 is 0 Å². The van der Waals surface area contributed by atoms with Crippen LogP contribution in [0.2, 0.25) is 0 Å². The van der Waals surface area contributed by atoms with Crippen LogP contribution in [-0.2, 0) is 6.42 Å². The van der Waals surface area contributed by atoms with Gasteiger partial charge in [-0.25, -0.2) is 19.5 Å². The fourth-order valence-electron chi connectivity index (χ4n) is 2.33. The third-order valence-electron chi connectivity index (χ3n) is 3.39. The average molecular weight is 280 g/mol. The summed E-state index contributed by atoms with van der Waals surface area (Å²) in [6, 6.07) is 7.50. The molecule has 0 saturated carbocycles. The lowest BCUT2D eigenvalue weighted by Crippen LogP contribution is -2.25. The van der Waals surface area contributed by atoms with Crippen LogP contribution in [0.5, 0.6) is 0 Å². The molecule has 21 heavy (non-hydrogen) atoms. The second kappa shape index (κ2) is 5.09. The molecule has 0 N–H and O–H groups in total. The van der Waals surface area contributed by atoms with E-state index in [-0.39, 0.29) is 5.56 Å². The van der Waals surface area contributed by atoms with Crippen LogP contribution in [0, 0.1) is 13.8 Å². The predicted molar refractivity (Wildman–Crippen MR) is 81.8 cm³/mol. The van der Waals surface area contributed by atoms with E-state index in [4.69, 9.17) is 0 Å². The van der Waals surface area contributed by atoms with Crippen molar-refractivity contribution >= 4 is 10.9 Å². The molecule has 0 aliphatic rings. The molecule has 0 unspecified atom stereocenters. The van der Waals surface area contributed by atoms with E-state index in [0.717, 1.165) is 11.3 Å². The van der Waals surface area contributed by atoms with Crippen LogP contribution in [0.15, 0.2) is 35.3 Å². The number of aromatic nitrogens is 4. The van der Waals surface area contributed by atoms with Gasteiger partial charge < -0.3 is 0 Å². The molecule has 3 rings (SSSR count). The van der Waals surface area contributed by atoms with E-state index in [2.05, 4.69) is 15.0 Å². The standard InChI is InChI=1S/C16H16N4O/c1-4-14-19-13-6-5-10(2)9-12(13)15(21)20(14)16-17-8-7-11(3)18-16/h5-9H,4H2,1-3H3. The molecule has 0 aliphatic heterocycles. The second-order valence-corrected chi connectivity index (χ2v) is 5.04. The number of rotatable bonds is 2. The van der Waals surface area contributed by atoms with Crippen molar-refractivity contribution in [3.05, 3.63) is 57.9 Å². The molecule has 0 radical (unpaired) electrons. The maximum atomic E-state index is 12.8. The third-order valence-corrected chi connectivity index (χ3v) is 3.39. The SMILES string of the molecule is CCc1nc2ccc(C)cc2c(=O)n1-c1nccc(C)n1. The highest BCUT2D eigenvalue weighted by atomic mass is 16.1. The Morgan fingerprint density at radius 3 is 2.67 bits per heavy atom. The highest BCUT2D eigenvalue weighted by molar-refractivity contribution is 5.78. The van der Waals surface area contributed by atoms with Crippen molar-refractivity contribution < 1.29 is 0 Å². The van der Waals surface area contributed by atoms with Crippen molar-refractivity contribution in [2.45, 2.75) is 27.2 Å². The molecular formula is C16H16N4O. The topological polar surface area (TPSA) is 60.7 Å². The van der Waals surface area contributed by atoms with Crippen molar-refractivity contribution in [3.63, 3.8) is 0 Å². The van der Waals surface area contributed by atoms with Gasteiger partial charge in [0.05, 0.1) is 10.9 Å². The van der Waals surface area contributed by atoms with Gasteiger partial charge in [0.15, 0.2) is 0 Å². The van der Waals surface area contributed by atoms with Crippen LogP contribution in [-0.4, -0.2) is 19.5 Å². The Morgan fingerprint density at radius 1 is 1.14 bits per heavy atom. The van der Waals surface area contributed by atoms with Gasteiger partial charge in [-0.05, 0) is 32.0 Å². The van der Waals surface area contributed by atoms with Crippen molar-refractivity contribution in [3.8, 4) is 5.95 Å². The largest absolute Gasteiger partial charge is 0.268 e. The summed E-state index contributed by atoms with van der Waals surface area (Å²) in [5, 5.41) is 0.595. The lowest BCUT2D eigenvalue weighted by atomic mass is 10.1. The molecule has 2 aromatic heterocycles. The van der Waals surface area contributed by atoms with E-state index in [0.29, 0.717) is 29.1 Å². The normalized spacial score (nSPS) is 11.0. The van der Waals surface area contributed by atoms with E-state index in [1.54, 1.807) is 12.3 Å². The Hall–Kier alpha value is -2.56. The summed E-state index contributed by atoms with van der Waals surface area (Å²) in [5.41, 5.74) is 2.44. The first-order valence-corrected chi connectivity index (χ1v) is 6.92. The minimum atomic E-state index is -0.119. The molecule has 0 aliphatic carbocycles. The van der Waals surface area contributed by atoms with Crippen LogP contribution in [0.1, 0.15) is 24.0 Å². The number of hydrogen-bond acceptors (Lipinski definition) is 4. The fraction of sp³-hybridized carbons (Fsp3) is 0.250. The maximum absolute atomic E-state index is 12.8. The lowest BCUT2D eigenvalue weighted by Gasteiger charge is -2.11. The van der Waals surface area contributed by atoms with Gasteiger partial charge in [-0.2, -0.15) is 0 Å². The quantitative estimate of drug-likeness (QED) is 0.723. The molecule has 0 saturated heterocycles. The Kier molecular flexibility index (Phi) is 3.25. The van der Waals surface area contributed by atoms with E-state index < -0.39 is 0 Å². The van der Waals surface area contributed by atoms with Gasteiger partial charge >= 0.3 is 0 Å². The van der Waals surface area contributed by atoms with Crippen molar-refractivity contribution in [2.24, 2.45) is 0 Å². The minimum absolute atomic E-state index is 0.119. The Morgan fingerprint density at radius 2 is 1.95 bits per heavy atom. The van der Waals surface area contributed by atoms with Crippen LogP contribution < -0.4 is 5.56 Å². The highest BCUT2D eigenvalue weighted by Crippen LogP contribution is 2.13. The summed E-state index contributed by atoms with van der Waals surface area (Å²) in [6.45, 7) is 5.80. The first-order valence-electron chi connectivity index (χ1n) is 6.92. The lowest BCUT2D eigenvalue weighted by molar-refractivity contribution is 0.781. The van der Waals surface area contributed by atoms with Gasteiger partial charge in [0.1, 0.15) is 5.82 Å². The molecule has 0 bridgehead atoms. The summed E-state index contributed by atoms with van der Waals surface area (Å²) in [6.07, 6.45) is 2.29. The Labute approximate surface area is 122 Å². The third kappa shape index (κ3) is 2.31. The van der Waals surface area contributed by atoms with Gasteiger partial charge in [0.25, 0.3) is 5.56 Å². The zero-order chi connectivity index (χ0) is 15.0. The zero-order valence-electron chi connectivity index (χ0n) is 12.3. The first-order chi connectivity index (χ1) is 10.1. The highest BCUT2D eigenvalue weighted by Gasteiger charge is 2.13. The van der Waals surface area contributed by atoms with Crippen molar-refractivity contribution in [2.75, 3.05) is 0 Å². The molecule has 106 valence electrons. The van der Waals surface area contributed by atoms with Crippen LogP contribution in [0.3, 0.4) is 0 Å². The summed E-state index contributed by atoms with van der Waals surface area (Å²) >= 11 is 0. The molecule has 0 spiro atoms. The number of nitrogens with zero attached hydrogens (tertiary/aromatic N) is 4. The fourth-order valence-corrected chi connectivity index (χ4v) is 2.33. The zero-order valence-corrected chi connectivity index (χ0v) is 12.3. The summed E-state index contributed by atoms with van der Waals surface area (Å²) in [5.74, 6) is 1.05. The summed E-state index contributed by atoms with van der Waals surface area (Å²) < 4.78 is 1.51. The monoisotopic (exact) mass is 280 g/mol. The van der Waals surface area contributed by atoms with E-state index in [9.17, 15) is 4.79 Å². The molecule has 0 fully saturated rings. The first kappa shape index (κ1) is 13.4. The molecule has 2 heterocycles. The smallest absolute Gasteiger partial charge is 0.268 e. The van der Waals surface area contributed by atoms with E-state index >= 15 is 0 Å². The molecule has 1 aromatic carbocycles. The van der Waals surface area contributed by atoms with Crippen LogP contribution in [0.25, 0.3) is 16.9 Å². The average Bonchev–Trinajstić information content (AvgIpc) is 2.47. The number of aryl methyl sites for hydroxylation is 3. The second-order valence-electron chi connectivity index (χ2n) is 5.04. The molecule has 0 amide bonds. The van der Waals surface area contributed by atoms with E-state index in [1.807, 2.05) is 39.0 Å². The number of fused-ring (bicyclic) bond motifs is 1. The molecule has 5 heteroatoms. The van der Waals surface area contributed by atoms with Crippen LogP contribution in [0.4, 0.5) is 0 Å². The van der Waals surface area contributed by atoms with Gasteiger partial charge in [-0.3, -0.25) is 4.79 Å². The molecule has 3 aromatic rings. The Balaban J connectivity index is 2.40. The predicted octanol–water partition coefficient (Wildman–Crippen LogP) is 2.35.